The highest BCUT2D eigenvalue weighted by molar-refractivity contribution is 6.46. The van der Waals surface area contributed by atoms with E-state index in [1.807, 2.05) is 13.8 Å². The van der Waals surface area contributed by atoms with Crippen LogP contribution in [0.15, 0.2) is 48.0 Å². The van der Waals surface area contributed by atoms with E-state index in [4.69, 9.17) is 18.9 Å². The number of carbonyl (C=O) groups is 2. The van der Waals surface area contributed by atoms with E-state index in [9.17, 15) is 14.7 Å². The van der Waals surface area contributed by atoms with Crippen molar-refractivity contribution in [1.29, 1.82) is 0 Å². The van der Waals surface area contributed by atoms with Crippen molar-refractivity contribution in [2.75, 3.05) is 34.5 Å². The summed E-state index contributed by atoms with van der Waals surface area (Å²) >= 11 is 0. The Bertz CT molecular complexity index is 1080. The van der Waals surface area contributed by atoms with Gasteiger partial charge in [-0.3, -0.25) is 9.59 Å². The molecular weight excluding hydrogens is 438 g/mol. The van der Waals surface area contributed by atoms with Crippen LogP contribution >= 0.6 is 0 Å². The van der Waals surface area contributed by atoms with E-state index in [-0.39, 0.29) is 29.5 Å². The maximum Gasteiger partial charge on any atom is 0.295 e. The van der Waals surface area contributed by atoms with Crippen molar-refractivity contribution in [3.63, 3.8) is 0 Å². The molecule has 1 amide bonds. The van der Waals surface area contributed by atoms with Crippen LogP contribution in [-0.4, -0.2) is 62.3 Å². The van der Waals surface area contributed by atoms with Crippen LogP contribution in [-0.2, 0) is 14.3 Å². The summed E-state index contributed by atoms with van der Waals surface area (Å²) in [5, 5.41) is 11.4. The lowest BCUT2D eigenvalue weighted by atomic mass is 9.94. The number of aliphatic hydroxyl groups excluding tert-OH is 1. The lowest BCUT2D eigenvalue weighted by Gasteiger charge is -2.26. The highest BCUT2D eigenvalue weighted by atomic mass is 16.5. The first-order valence-corrected chi connectivity index (χ1v) is 11.1. The summed E-state index contributed by atoms with van der Waals surface area (Å²) < 4.78 is 21.8. The number of hydrogen-bond acceptors (Lipinski definition) is 7. The number of carbonyl (C=O) groups excluding carboxylic acids is 2. The molecule has 182 valence electrons. The van der Waals surface area contributed by atoms with Crippen LogP contribution in [0.5, 0.6) is 17.2 Å². The van der Waals surface area contributed by atoms with Gasteiger partial charge in [0.15, 0.2) is 0 Å². The Balaban J connectivity index is 2.16. The van der Waals surface area contributed by atoms with Gasteiger partial charge in [-0.25, -0.2) is 0 Å². The molecule has 0 saturated carbocycles. The number of hydrogen-bond donors (Lipinski definition) is 1. The Hall–Kier alpha value is -3.52. The van der Waals surface area contributed by atoms with Crippen LogP contribution < -0.4 is 14.2 Å². The van der Waals surface area contributed by atoms with Crippen molar-refractivity contribution in [3.05, 3.63) is 59.2 Å². The van der Waals surface area contributed by atoms with Crippen LogP contribution in [0.3, 0.4) is 0 Å². The molecule has 1 heterocycles. The van der Waals surface area contributed by atoms with Gasteiger partial charge in [0, 0.05) is 18.7 Å². The molecule has 0 spiro atoms. The summed E-state index contributed by atoms with van der Waals surface area (Å²) in [6.45, 7) is 4.57. The zero-order chi connectivity index (χ0) is 24.8. The number of benzene rings is 2. The van der Waals surface area contributed by atoms with E-state index in [0.29, 0.717) is 35.8 Å². The number of nitrogens with zero attached hydrogens (tertiary/aromatic N) is 1. The third-order valence-corrected chi connectivity index (χ3v) is 5.63. The molecule has 2 aromatic carbocycles. The Morgan fingerprint density at radius 3 is 2.35 bits per heavy atom. The molecule has 3 rings (SSSR count). The predicted molar refractivity (Wildman–Crippen MR) is 127 cm³/mol. The number of ketones is 1. The molecule has 34 heavy (non-hydrogen) atoms. The molecule has 8 nitrogen and oxygen atoms in total. The van der Waals surface area contributed by atoms with Gasteiger partial charge in [-0.2, -0.15) is 0 Å². The van der Waals surface area contributed by atoms with Crippen molar-refractivity contribution < 1.29 is 33.6 Å². The third-order valence-electron chi connectivity index (χ3n) is 5.63. The molecule has 1 aliphatic heterocycles. The van der Waals surface area contributed by atoms with Crippen molar-refractivity contribution >= 4 is 17.4 Å². The van der Waals surface area contributed by atoms with Gasteiger partial charge < -0.3 is 29.0 Å². The fourth-order valence-corrected chi connectivity index (χ4v) is 4.02. The number of ether oxygens (including phenoxy) is 4. The van der Waals surface area contributed by atoms with Crippen molar-refractivity contribution in [2.24, 2.45) is 0 Å². The van der Waals surface area contributed by atoms with Gasteiger partial charge >= 0.3 is 0 Å². The van der Waals surface area contributed by atoms with Gasteiger partial charge in [0.2, 0.25) is 0 Å². The average Bonchev–Trinajstić information content (AvgIpc) is 3.10. The fraction of sp³-hybridized carbons (Fsp3) is 0.385. The maximum absolute atomic E-state index is 13.3. The van der Waals surface area contributed by atoms with E-state index in [1.54, 1.807) is 42.5 Å². The van der Waals surface area contributed by atoms with Crippen LogP contribution in [0.25, 0.3) is 5.76 Å². The molecule has 1 atom stereocenters. The van der Waals surface area contributed by atoms with E-state index in [1.165, 1.54) is 26.2 Å². The van der Waals surface area contributed by atoms with Gasteiger partial charge in [-0.1, -0.05) is 18.2 Å². The first kappa shape index (κ1) is 25.1. The molecule has 0 aromatic heterocycles. The van der Waals surface area contributed by atoms with E-state index >= 15 is 0 Å². The van der Waals surface area contributed by atoms with Gasteiger partial charge in [0.1, 0.15) is 23.0 Å². The summed E-state index contributed by atoms with van der Waals surface area (Å²) in [4.78, 5) is 27.9. The Kier molecular flexibility index (Phi) is 8.17. The zero-order valence-electron chi connectivity index (χ0n) is 20.2. The average molecular weight is 470 g/mol. The van der Waals surface area contributed by atoms with Gasteiger partial charge in [-0.15, -0.1) is 0 Å². The van der Waals surface area contributed by atoms with E-state index in [0.717, 1.165) is 0 Å². The lowest BCUT2D eigenvalue weighted by Crippen LogP contribution is -2.31. The van der Waals surface area contributed by atoms with Crippen LogP contribution in [0.4, 0.5) is 0 Å². The SMILES string of the molecule is COc1ccc(OC)c(/C(O)=C2\C(=O)C(=O)N(CCCOC(C)C)C2c2ccccc2OC)c1. The summed E-state index contributed by atoms with van der Waals surface area (Å²) in [7, 11) is 4.48. The number of para-hydroxylation sites is 1. The summed E-state index contributed by atoms with van der Waals surface area (Å²) in [6, 6.07) is 11.2. The second-order valence-corrected chi connectivity index (χ2v) is 8.07. The topological polar surface area (TPSA) is 94.5 Å². The standard InChI is InChI=1S/C26H31NO7/c1-16(2)34-14-8-13-27-23(18-9-6-7-10-20(18)32-4)22(25(29)26(27)30)24(28)19-15-17(31-3)11-12-21(19)33-5/h6-7,9-12,15-16,23,28H,8,13-14H2,1-5H3/b24-22+. The minimum Gasteiger partial charge on any atom is -0.507 e. The lowest BCUT2D eigenvalue weighted by molar-refractivity contribution is -0.140. The minimum absolute atomic E-state index is 0.0363. The predicted octanol–water partition coefficient (Wildman–Crippen LogP) is 3.95. The number of aliphatic hydroxyl groups is 1. The van der Waals surface area contributed by atoms with Crippen molar-refractivity contribution in [1.82, 2.24) is 4.90 Å². The summed E-state index contributed by atoms with van der Waals surface area (Å²) in [6.07, 6.45) is 0.584. The van der Waals surface area contributed by atoms with E-state index in [2.05, 4.69) is 0 Å². The number of likely N-dealkylation sites (tertiary alicyclic amines) is 1. The highest BCUT2D eigenvalue weighted by Crippen LogP contribution is 2.44. The number of Topliss-reactive ketones (excluding diaryl/α,β-unsaturated/α-hetero) is 1. The molecule has 2 aromatic rings. The maximum atomic E-state index is 13.3. The van der Waals surface area contributed by atoms with Crippen LogP contribution in [0, 0.1) is 0 Å². The fourth-order valence-electron chi connectivity index (χ4n) is 4.02. The minimum atomic E-state index is -0.842. The molecule has 1 unspecified atom stereocenters. The molecule has 1 N–H and O–H groups in total. The van der Waals surface area contributed by atoms with Gasteiger partial charge in [0.25, 0.3) is 11.7 Å². The van der Waals surface area contributed by atoms with Crippen molar-refractivity contribution in [2.45, 2.75) is 32.4 Å². The van der Waals surface area contributed by atoms with Gasteiger partial charge in [0.05, 0.1) is 44.6 Å². The molecule has 0 bridgehead atoms. The Morgan fingerprint density at radius 1 is 1.00 bits per heavy atom. The first-order chi connectivity index (χ1) is 16.3. The zero-order valence-corrected chi connectivity index (χ0v) is 20.2. The smallest absolute Gasteiger partial charge is 0.295 e. The normalized spacial score (nSPS) is 17.4. The second-order valence-electron chi connectivity index (χ2n) is 8.07. The summed E-state index contributed by atoms with van der Waals surface area (Å²) in [5.74, 6) is -0.496. The molecule has 1 fully saturated rings. The number of amides is 1. The monoisotopic (exact) mass is 469 g/mol. The molecule has 1 saturated heterocycles. The molecule has 1 aliphatic rings. The van der Waals surface area contributed by atoms with Gasteiger partial charge in [-0.05, 0) is 44.5 Å². The Morgan fingerprint density at radius 2 is 1.71 bits per heavy atom. The third kappa shape index (κ3) is 5.02. The number of methoxy groups -OCH3 is 3. The van der Waals surface area contributed by atoms with Crippen LogP contribution in [0.1, 0.15) is 37.4 Å². The number of rotatable bonds is 10. The highest BCUT2D eigenvalue weighted by Gasteiger charge is 2.47. The van der Waals surface area contributed by atoms with Crippen LogP contribution in [0.2, 0.25) is 0 Å². The first-order valence-electron chi connectivity index (χ1n) is 11.1. The van der Waals surface area contributed by atoms with E-state index < -0.39 is 17.7 Å². The molecule has 8 heteroatoms. The largest absolute Gasteiger partial charge is 0.507 e. The second kappa shape index (κ2) is 11.1. The Labute approximate surface area is 199 Å². The molecule has 0 radical (unpaired) electrons. The van der Waals surface area contributed by atoms with Crippen molar-refractivity contribution in [3.8, 4) is 17.2 Å². The molecular formula is C26H31NO7. The molecule has 0 aliphatic carbocycles. The quantitative estimate of drug-likeness (QED) is 0.244. The summed E-state index contributed by atoms with van der Waals surface area (Å²) in [5.41, 5.74) is 0.811.